The van der Waals surface area contributed by atoms with E-state index in [-0.39, 0.29) is 0 Å². The maximum absolute atomic E-state index is 9.00. The molecule has 0 radical (unpaired) electrons. The van der Waals surface area contributed by atoms with Crippen molar-refractivity contribution < 1.29 is 19.8 Å². The SMILES string of the molecule is CC(=O)O.CC(=O)O.NCCSSCCN. The monoisotopic (exact) mass is 272 g/mol. The van der Waals surface area contributed by atoms with Crippen LogP contribution in [0.4, 0.5) is 0 Å². The highest BCUT2D eigenvalue weighted by Gasteiger charge is 1.84. The van der Waals surface area contributed by atoms with Crippen molar-refractivity contribution in [2.75, 3.05) is 24.6 Å². The van der Waals surface area contributed by atoms with Crippen molar-refractivity contribution in [2.24, 2.45) is 11.5 Å². The predicted octanol–water partition coefficient (Wildman–Crippen LogP) is 0.467. The molecule has 0 aromatic rings. The third-order valence-electron chi connectivity index (χ3n) is 0.486. The Hall–Kier alpha value is -0.440. The summed E-state index contributed by atoms with van der Waals surface area (Å²) in [6.07, 6.45) is 0. The molecule has 0 aliphatic heterocycles. The smallest absolute Gasteiger partial charge is 0.300 e. The van der Waals surface area contributed by atoms with Gasteiger partial charge in [-0.2, -0.15) is 0 Å². The molecular formula is C8H20N2O4S2. The van der Waals surface area contributed by atoms with E-state index in [1.807, 2.05) is 0 Å². The third kappa shape index (κ3) is 103. The number of hydrogen-bond donors (Lipinski definition) is 4. The Morgan fingerprint density at radius 2 is 1.12 bits per heavy atom. The van der Waals surface area contributed by atoms with Gasteiger partial charge in [0.1, 0.15) is 0 Å². The molecule has 0 amide bonds. The minimum absolute atomic E-state index is 0.766. The highest BCUT2D eigenvalue weighted by atomic mass is 33.1. The zero-order chi connectivity index (χ0) is 13.4. The fraction of sp³-hybridized carbons (Fsp3) is 0.750. The van der Waals surface area contributed by atoms with Crippen molar-refractivity contribution in [2.45, 2.75) is 13.8 Å². The number of nitrogens with two attached hydrogens (primary N) is 2. The largest absolute Gasteiger partial charge is 0.481 e. The van der Waals surface area contributed by atoms with Crippen LogP contribution in [0.25, 0.3) is 0 Å². The predicted molar refractivity (Wildman–Crippen MR) is 69.6 cm³/mol. The second kappa shape index (κ2) is 20.0. The minimum Gasteiger partial charge on any atom is -0.481 e. The highest BCUT2D eigenvalue weighted by molar-refractivity contribution is 8.76. The summed E-state index contributed by atoms with van der Waals surface area (Å²) in [5, 5.41) is 14.8. The Kier molecular flexibility index (Phi) is 26.2. The number of carboxylic acid groups (broad SMARTS) is 2. The molecular weight excluding hydrogens is 252 g/mol. The molecule has 0 aromatic heterocycles. The van der Waals surface area contributed by atoms with E-state index in [1.165, 1.54) is 0 Å². The van der Waals surface area contributed by atoms with Gasteiger partial charge in [-0.25, -0.2) is 0 Å². The van der Waals surface area contributed by atoms with Crippen molar-refractivity contribution in [1.29, 1.82) is 0 Å². The van der Waals surface area contributed by atoms with Crippen LogP contribution in [0, 0.1) is 0 Å². The lowest BCUT2D eigenvalue weighted by molar-refractivity contribution is -0.135. The molecule has 0 saturated carbocycles. The van der Waals surface area contributed by atoms with Crippen LogP contribution in [-0.2, 0) is 9.59 Å². The zero-order valence-corrected chi connectivity index (χ0v) is 11.1. The van der Waals surface area contributed by atoms with Gasteiger partial charge in [0.05, 0.1) is 0 Å². The number of carbonyl (C=O) groups is 2. The van der Waals surface area contributed by atoms with E-state index in [9.17, 15) is 0 Å². The fourth-order valence-electron chi connectivity index (χ4n) is 0.214. The number of hydrogen-bond acceptors (Lipinski definition) is 6. The summed E-state index contributed by atoms with van der Waals surface area (Å²) in [6, 6.07) is 0. The van der Waals surface area contributed by atoms with Gasteiger partial charge in [0, 0.05) is 38.4 Å². The lowest BCUT2D eigenvalue weighted by atomic mass is 10.8. The Morgan fingerprint density at radius 3 is 1.25 bits per heavy atom. The molecule has 0 unspecified atom stereocenters. The summed E-state index contributed by atoms with van der Waals surface area (Å²) < 4.78 is 0. The molecule has 0 heterocycles. The van der Waals surface area contributed by atoms with Gasteiger partial charge in [-0.15, -0.1) is 0 Å². The van der Waals surface area contributed by atoms with Crippen molar-refractivity contribution in [3.63, 3.8) is 0 Å². The van der Waals surface area contributed by atoms with Crippen LogP contribution in [0.3, 0.4) is 0 Å². The lowest BCUT2D eigenvalue weighted by Gasteiger charge is -1.93. The van der Waals surface area contributed by atoms with Crippen LogP contribution in [0.1, 0.15) is 13.8 Å². The van der Waals surface area contributed by atoms with Gasteiger partial charge in [-0.3, -0.25) is 9.59 Å². The van der Waals surface area contributed by atoms with E-state index in [4.69, 9.17) is 31.3 Å². The summed E-state index contributed by atoms with van der Waals surface area (Å²) >= 11 is 0. The van der Waals surface area contributed by atoms with Crippen LogP contribution >= 0.6 is 21.6 Å². The van der Waals surface area contributed by atoms with E-state index >= 15 is 0 Å². The summed E-state index contributed by atoms with van der Waals surface area (Å²) in [6.45, 7) is 3.70. The van der Waals surface area contributed by atoms with Gasteiger partial charge in [0.2, 0.25) is 0 Å². The second-order valence-corrected chi connectivity index (χ2v) is 4.96. The van der Waals surface area contributed by atoms with E-state index in [1.54, 1.807) is 21.6 Å². The molecule has 0 aliphatic carbocycles. The van der Waals surface area contributed by atoms with E-state index < -0.39 is 11.9 Å². The highest BCUT2D eigenvalue weighted by Crippen LogP contribution is 2.18. The first-order chi connectivity index (χ1) is 7.38. The van der Waals surface area contributed by atoms with Crippen LogP contribution in [-0.4, -0.2) is 46.7 Å². The van der Waals surface area contributed by atoms with Gasteiger partial charge in [0.25, 0.3) is 11.9 Å². The number of carboxylic acids is 2. The number of aliphatic carboxylic acids is 2. The Balaban J connectivity index is -0.000000179. The molecule has 0 spiro atoms. The van der Waals surface area contributed by atoms with E-state index in [0.29, 0.717) is 0 Å². The average molecular weight is 272 g/mol. The van der Waals surface area contributed by atoms with Crippen molar-refractivity contribution in [3.05, 3.63) is 0 Å². The van der Waals surface area contributed by atoms with Gasteiger partial charge in [-0.05, 0) is 0 Å². The third-order valence-corrected chi connectivity index (χ3v) is 2.96. The van der Waals surface area contributed by atoms with Crippen molar-refractivity contribution in [1.82, 2.24) is 0 Å². The quantitative estimate of drug-likeness (QED) is 0.420. The summed E-state index contributed by atoms with van der Waals surface area (Å²) in [4.78, 5) is 18.0. The van der Waals surface area contributed by atoms with Crippen molar-refractivity contribution >= 4 is 33.5 Å². The zero-order valence-electron chi connectivity index (χ0n) is 9.51. The average Bonchev–Trinajstić information content (AvgIpc) is 2.11. The first-order valence-corrected chi connectivity index (χ1v) is 6.90. The Bertz CT molecular complexity index is 144. The summed E-state index contributed by atoms with van der Waals surface area (Å²) in [7, 11) is 3.58. The first kappa shape index (κ1) is 20.9. The fourth-order valence-corrected chi connectivity index (χ4v) is 1.93. The Morgan fingerprint density at radius 1 is 0.938 bits per heavy atom. The molecule has 0 bridgehead atoms. The normalized spacial score (nSPS) is 8.00. The number of rotatable bonds is 5. The molecule has 98 valence electrons. The molecule has 6 nitrogen and oxygen atoms in total. The van der Waals surface area contributed by atoms with Gasteiger partial charge in [0.15, 0.2) is 0 Å². The van der Waals surface area contributed by atoms with Crippen LogP contribution < -0.4 is 11.5 Å². The van der Waals surface area contributed by atoms with Crippen LogP contribution in [0.2, 0.25) is 0 Å². The van der Waals surface area contributed by atoms with Gasteiger partial charge < -0.3 is 21.7 Å². The van der Waals surface area contributed by atoms with Crippen LogP contribution in [0.5, 0.6) is 0 Å². The molecule has 0 aromatic carbocycles. The summed E-state index contributed by atoms with van der Waals surface area (Å²) in [5.41, 5.74) is 10.5. The standard InChI is InChI=1S/C4H12N2S2.2C2H4O2/c5-1-3-7-8-4-2-6;2*1-2(3)4/h1-6H2;2*1H3,(H,3,4). The summed E-state index contributed by atoms with van der Waals surface area (Å²) in [5.74, 6) is 0.398. The minimum atomic E-state index is -0.833. The molecule has 0 rings (SSSR count). The molecule has 0 atom stereocenters. The lowest BCUT2D eigenvalue weighted by Crippen LogP contribution is -2.02. The van der Waals surface area contributed by atoms with Gasteiger partial charge in [-0.1, -0.05) is 21.6 Å². The Labute approximate surface area is 104 Å². The van der Waals surface area contributed by atoms with Crippen LogP contribution in [0.15, 0.2) is 0 Å². The second-order valence-electron chi connectivity index (χ2n) is 2.26. The van der Waals surface area contributed by atoms with E-state index in [0.717, 1.165) is 38.4 Å². The molecule has 0 fully saturated rings. The first-order valence-electron chi connectivity index (χ1n) is 4.42. The van der Waals surface area contributed by atoms with Crippen molar-refractivity contribution in [3.8, 4) is 0 Å². The van der Waals surface area contributed by atoms with E-state index in [2.05, 4.69) is 0 Å². The molecule has 6 N–H and O–H groups in total. The molecule has 0 aliphatic rings. The molecule has 0 saturated heterocycles. The molecule has 16 heavy (non-hydrogen) atoms. The van der Waals surface area contributed by atoms with Gasteiger partial charge >= 0.3 is 0 Å². The maximum Gasteiger partial charge on any atom is 0.300 e. The molecule has 8 heteroatoms. The topological polar surface area (TPSA) is 127 Å². The maximum atomic E-state index is 9.00.